The molecule has 5 rings (SSSR count). The van der Waals surface area contributed by atoms with Crippen LogP contribution in [-0.2, 0) is 0 Å². The van der Waals surface area contributed by atoms with E-state index in [9.17, 15) is 4.79 Å². The van der Waals surface area contributed by atoms with Crippen molar-refractivity contribution in [2.24, 2.45) is 0 Å². The molecule has 1 fully saturated rings. The number of benzene rings is 3. The number of hydrogen-bond acceptors (Lipinski definition) is 9. The van der Waals surface area contributed by atoms with Crippen LogP contribution in [-0.4, -0.2) is 67.9 Å². The van der Waals surface area contributed by atoms with E-state index in [-0.39, 0.29) is 0 Å². The van der Waals surface area contributed by atoms with Gasteiger partial charge in [0.05, 0.1) is 19.9 Å². The molecule has 0 aliphatic carbocycles. The third kappa shape index (κ3) is 6.65. The standard InChI is InChI=1S/C33H38N6O4/c1-22-8-7-9-23(2)31(22)43-33(40)39(28-15-14-27(41-5)20-29(28)42-6)30-16-17-34-32(36-30)35-25-10-12-26(13-11-25)38-19-18-37(4)24(3)21-38/h7-17,20,24H,18-19,21H2,1-6H3,(H,34,35,36). The lowest BCUT2D eigenvalue weighted by atomic mass is 10.1. The molecule has 10 heteroatoms. The summed E-state index contributed by atoms with van der Waals surface area (Å²) in [6.07, 6.45) is 0.955. The van der Waals surface area contributed by atoms with Crippen molar-refractivity contribution in [1.82, 2.24) is 14.9 Å². The summed E-state index contributed by atoms with van der Waals surface area (Å²) in [6.45, 7) is 9.05. The van der Waals surface area contributed by atoms with E-state index in [0.717, 1.165) is 36.4 Å². The third-order valence-corrected chi connectivity index (χ3v) is 7.73. The highest BCUT2D eigenvalue weighted by atomic mass is 16.6. The van der Waals surface area contributed by atoms with Gasteiger partial charge in [-0.1, -0.05) is 18.2 Å². The fourth-order valence-corrected chi connectivity index (χ4v) is 5.08. The van der Waals surface area contributed by atoms with Gasteiger partial charge >= 0.3 is 6.09 Å². The van der Waals surface area contributed by atoms with Gasteiger partial charge in [-0.2, -0.15) is 4.98 Å². The zero-order chi connectivity index (χ0) is 30.5. The van der Waals surface area contributed by atoms with E-state index >= 15 is 0 Å². The highest BCUT2D eigenvalue weighted by Gasteiger charge is 2.27. The van der Waals surface area contributed by atoms with Gasteiger partial charge in [0.25, 0.3) is 0 Å². The second-order valence-corrected chi connectivity index (χ2v) is 10.6. The molecule has 1 atom stereocenters. The van der Waals surface area contributed by atoms with Crippen molar-refractivity contribution in [2.75, 3.05) is 56.0 Å². The molecule has 2 heterocycles. The maximum Gasteiger partial charge on any atom is 0.425 e. The highest BCUT2D eigenvalue weighted by molar-refractivity contribution is 5.98. The molecule has 0 bridgehead atoms. The molecule has 0 radical (unpaired) electrons. The number of amides is 1. The van der Waals surface area contributed by atoms with Crippen molar-refractivity contribution >= 4 is 34.9 Å². The van der Waals surface area contributed by atoms with Crippen molar-refractivity contribution in [3.05, 3.63) is 84.1 Å². The number of carbonyl (C=O) groups is 1. The first-order valence-corrected chi connectivity index (χ1v) is 14.2. The van der Waals surface area contributed by atoms with Gasteiger partial charge in [0.15, 0.2) is 0 Å². The van der Waals surface area contributed by atoms with E-state index in [1.807, 2.05) is 44.2 Å². The van der Waals surface area contributed by atoms with E-state index < -0.39 is 6.09 Å². The van der Waals surface area contributed by atoms with E-state index in [1.54, 1.807) is 37.6 Å². The Kier molecular flexibility index (Phi) is 8.96. The number of nitrogens with zero attached hydrogens (tertiary/aromatic N) is 5. The predicted octanol–water partition coefficient (Wildman–Crippen LogP) is 6.33. The van der Waals surface area contributed by atoms with Gasteiger partial charge in [-0.15, -0.1) is 0 Å². The lowest BCUT2D eigenvalue weighted by molar-refractivity contribution is 0.209. The van der Waals surface area contributed by atoms with E-state index in [1.165, 1.54) is 17.7 Å². The molecule has 1 saturated heterocycles. The van der Waals surface area contributed by atoms with Gasteiger partial charge in [0.2, 0.25) is 5.95 Å². The van der Waals surface area contributed by atoms with Crippen LogP contribution in [0.1, 0.15) is 18.1 Å². The van der Waals surface area contributed by atoms with Crippen LogP contribution in [0.15, 0.2) is 72.9 Å². The van der Waals surface area contributed by atoms with Crippen molar-refractivity contribution < 1.29 is 19.0 Å². The van der Waals surface area contributed by atoms with Crippen LogP contribution in [0.4, 0.5) is 33.6 Å². The number of nitrogens with one attached hydrogen (secondary N) is 1. The fraction of sp³-hybridized carbons (Fsp3) is 0.303. The molecule has 4 aromatic rings. The summed E-state index contributed by atoms with van der Waals surface area (Å²) in [6, 6.07) is 21.3. The number of carbonyl (C=O) groups excluding carboxylic acids is 1. The largest absolute Gasteiger partial charge is 0.497 e. The van der Waals surface area contributed by atoms with Crippen LogP contribution in [0.3, 0.4) is 0 Å². The quantitative estimate of drug-likeness (QED) is 0.256. The normalized spacial score (nSPS) is 15.1. The lowest BCUT2D eigenvalue weighted by Gasteiger charge is -2.39. The van der Waals surface area contributed by atoms with Crippen LogP contribution in [0.25, 0.3) is 0 Å². The molecule has 10 nitrogen and oxygen atoms in total. The van der Waals surface area contributed by atoms with Crippen molar-refractivity contribution in [1.29, 1.82) is 0 Å². The van der Waals surface area contributed by atoms with E-state index in [2.05, 4.69) is 46.2 Å². The molecule has 1 amide bonds. The van der Waals surface area contributed by atoms with E-state index in [4.69, 9.17) is 19.2 Å². The third-order valence-electron chi connectivity index (χ3n) is 7.73. The average Bonchev–Trinajstić information content (AvgIpc) is 3.01. The number of aryl methyl sites for hydroxylation is 2. The molecule has 224 valence electrons. The summed E-state index contributed by atoms with van der Waals surface area (Å²) >= 11 is 0. The first kappa shape index (κ1) is 29.7. The van der Waals surface area contributed by atoms with Crippen molar-refractivity contribution in [3.63, 3.8) is 0 Å². The Morgan fingerprint density at radius 3 is 2.40 bits per heavy atom. The second-order valence-electron chi connectivity index (χ2n) is 10.6. The van der Waals surface area contributed by atoms with Crippen LogP contribution in [0.2, 0.25) is 0 Å². The molecule has 0 spiro atoms. The highest BCUT2D eigenvalue weighted by Crippen LogP contribution is 2.37. The molecule has 43 heavy (non-hydrogen) atoms. The smallest absolute Gasteiger partial charge is 0.425 e. The number of anilines is 5. The summed E-state index contributed by atoms with van der Waals surface area (Å²) in [5.41, 5.74) is 4.13. The molecule has 1 aliphatic rings. The number of piperazine rings is 1. The maximum absolute atomic E-state index is 13.9. The minimum Gasteiger partial charge on any atom is -0.497 e. The number of rotatable bonds is 8. The zero-order valence-corrected chi connectivity index (χ0v) is 25.5. The SMILES string of the molecule is COc1ccc(N(C(=O)Oc2c(C)cccc2C)c2ccnc(Nc3ccc(N4CCN(C)C(C)C4)cc3)n2)c(OC)c1. The van der Waals surface area contributed by atoms with Crippen molar-refractivity contribution in [2.45, 2.75) is 26.8 Å². The molecule has 1 aliphatic heterocycles. The maximum atomic E-state index is 13.9. The Morgan fingerprint density at radius 1 is 0.977 bits per heavy atom. The molecule has 0 saturated carbocycles. The Bertz CT molecular complexity index is 1560. The number of hydrogen-bond donors (Lipinski definition) is 1. The summed E-state index contributed by atoms with van der Waals surface area (Å²) in [7, 11) is 5.27. The Balaban J connectivity index is 1.44. The molecule has 1 N–H and O–H groups in total. The predicted molar refractivity (Wildman–Crippen MR) is 170 cm³/mol. The van der Waals surface area contributed by atoms with Crippen LogP contribution < -0.4 is 29.3 Å². The van der Waals surface area contributed by atoms with Crippen LogP contribution >= 0.6 is 0 Å². The first-order chi connectivity index (χ1) is 20.8. The second kappa shape index (κ2) is 13.0. The molecular weight excluding hydrogens is 544 g/mol. The number of methoxy groups -OCH3 is 2. The van der Waals surface area contributed by atoms with Gasteiger partial charge < -0.3 is 29.3 Å². The average molecular weight is 583 g/mol. The van der Waals surface area contributed by atoms with Crippen LogP contribution in [0, 0.1) is 13.8 Å². The monoisotopic (exact) mass is 582 g/mol. The lowest BCUT2D eigenvalue weighted by Crippen LogP contribution is -2.50. The van der Waals surface area contributed by atoms with E-state index in [0.29, 0.717) is 40.7 Å². The Morgan fingerprint density at radius 2 is 1.72 bits per heavy atom. The van der Waals surface area contributed by atoms with Gasteiger partial charge in [0.1, 0.15) is 23.1 Å². The van der Waals surface area contributed by atoms with Crippen molar-refractivity contribution in [3.8, 4) is 17.2 Å². The molecular formula is C33H38N6O4. The van der Waals surface area contributed by atoms with Crippen LogP contribution in [0.5, 0.6) is 17.2 Å². The van der Waals surface area contributed by atoms with Gasteiger partial charge in [-0.05, 0) is 75.3 Å². The number of likely N-dealkylation sites (N-methyl/N-ethyl adjacent to an activating group) is 1. The molecule has 3 aromatic carbocycles. The van der Waals surface area contributed by atoms with Gasteiger partial charge in [0, 0.05) is 55.4 Å². The minimum absolute atomic E-state index is 0.306. The first-order valence-electron chi connectivity index (χ1n) is 14.2. The summed E-state index contributed by atoms with van der Waals surface area (Å²) in [5, 5.41) is 3.27. The number of ether oxygens (including phenoxy) is 3. The zero-order valence-electron chi connectivity index (χ0n) is 25.5. The Hall–Kier alpha value is -4.83. The number of aromatic nitrogens is 2. The summed E-state index contributed by atoms with van der Waals surface area (Å²) < 4.78 is 17.0. The minimum atomic E-state index is -0.642. The fourth-order valence-electron chi connectivity index (χ4n) is 5.08. The molecule has 1 aromatic heterocycles. The topological polar surface area (TPSA) is 92.3 Å². The Labute approximate surface area is 252 Å². The van der Waals surface area contributed by atoms with Gasteiger partial charge in [-0.3, -0.25) is 0 Å². The molecule has 1 unspecified atom stereocenters. The number of para-hydroxylation sites is 1. The van der Waals surface area contributed by atoms with Gasteiger partial charge in [-0.25, -0.2) is 14.7 Å². The summed E-state index contributed by atoms with van der Waals surface area (Å²) in [4.78, 5) is 29.1. The summed E-state index contributed by atoms with van der Waals surface area (Å²) in [5.74, 6) is 2.13.